The highest BCUT2D eigenvalue weighted by Gasteiger charge is 2.48. The van der Waals surface area contributed by atoms with Gasteiger partial charge in [-0.05, 0) is 43.7 Å². The molecular weight excluding hydrogens is 622 g/mol. The summed E-state index contributed by atoms with van der Waals surface area (Å²) < 4.78 is 20.1. The molecule has 0 bridgehead atoms. The molecule has 4 rings (SSSR count). The van der Waals surface area contributed by atoms with E-state index in [9.17, 15) is 34.6 Å². The van der Waals surface area contributed by atoms with Gasteiger partial charge < -0.3 is 30.7 Å². The summed E-state index contributed by atoms with van der Waals surface area (Å²) in [5, 5.41) is 57.8. The van der Waals surface area contributed by atoms with E-state index in [1.54, 1.807) is 13.2 Å². The van der Waals surface area contributed by atoms with E-state index in [1.807, 2.05) is 0 Å². The van der Waals surface area contributed by atoms with Gasteiger partial charge in [-0.3, -0.25) is 14.9 Å². The Morgan fingerprint density at radius 2 is 2.07 bits per heavy atom. The van der Waals surface area contributed by atoms with Crippen LogP contribution in [-0.2, 0) is 9.53 Å². The predicted molar refractivity (Wildman–Crippen MR) is 163 cm³/mol. The molecule has 0 saturated carbocycles. The minimum atomic E-state index is -1.49. The summed E-state index contributed by atoms with van der Waals surface area (Å²) in [5.41, 5.74) is -1.14. The summed E-state index contributed by atoms with van der Waals surface area (Å²) in [6, 6.07) is 1.96. The van der Waals surface area contributed by atoms with Gasteiger partial charge in [0.2, 0.25) is 5.91 Å². The Bertz CT molecular complexity index is 1260. The predicted octanol–water partition coefficient (Wildman–Crippen LogP) is 2.95. The third-order valence-corrected chi connectivity index (χ3v) is 11.0. The lowest BCUT2D eigenvalue weighted by Gasteiger charge is -2.44. The average molecular weight is 660 g/mol. The zero-order valence-electron chi connectivity index (χ0n) is 24.1. The van der Waals surface area contributed by atoms with Crippen molar-refractivity contribution in [1.29, 1.82) is 0 Å². The fourth-order valence-corrected chi connectivity index (χ4v) is 8.43. The third-order valence-electron chi connectivity index (χ3n) is 7.88. The number of nitrogens with zero attached hydrogens (tertiary/aromatic N) is 3. The van der Waals surface area contributed by atoms with Crippen molar-refractivity contribution in [2.45, 2.75) is 97.5 Å². The van der Waals surface area contributed by atoms with Gasteiger partial charge in [-0.2, -0.15) is 0 Å². The van der Waals surface area contributed by atoms with Crippen LogP contribution in [0, 0.1) is 21.8 Å². The lowest BCUT2D eigenvalue weighted by molar-refractivity contribution is -0.384. The van der Waals surface area contributed by atoms with Crippen LogP contribution < -0.4 is 10.6 Å². The Morgan fingerprint density at radius 1 is 1.30 bits per heavy atom. The van der Waals surface area contributed by atoms with Crippen LogP contribution in [0.4, 0.5) is 10.1 Å². The molecule has 238 valence electrons. The Balaban J connectivity index is 1.57. The highest BCUT2D eigenvalue weighted by Crippen LogP contribution is 2.38. The fourth-order valence-electron chi connectivity index (χ4n) is 5.48. The molecule has 2 aromatic rings. The standard InChI is InChI=1S/C27H38FN5O7S3/c1-4-5-6-14-9-10-29-17(11-14)24(37)30-19(23-21(35)20(34)22(36)26(40-23)41-3)13(2)42-27-32-31-25(43-27)16-8-7-15(28)12-18(16)33(38)39/h7-8,12-14,17,19-23,26,29,34-36H,4-6,9-11H2,1-3H3,(H,30,37)/t13-,14+,17-,19+,20-,21+,22+,23+,26+/m0/s1. The molecule has 2 fully saturated rings. The molecule has 2 aliphatic heterocycles. The highest BCUT2D eigenvalue weighted by molar-refractivity contribution is 8.01. The van der Waals surface area contributed by atoms with Gasteiger partial charge in [-0.1, -0.05) is 56.2 Å². The molecule has 0 unspecified atom stereocenters. The molecule has 9 atom stereocenters. The second-order valence-corrected chi connectivity index (χ2v) is 14.4. The maximum absolute atomic E-state index is 13.7. The zero-order chi connectivity index (χ0) is 31.3. The number of aliphatic hydroxyl groups is 3. The van der Waals surface area contributed by atoms with Crippen molar-refractivity contribution in [1.82, 2.24) is 20.8 Å². The molecule has 2 saturated heterocycles. The number of hydrogen-bond donors (Lipinski definition) is 5. The SMILES string of the molecule is CCCC[C@@H]1CCN[C@H](C(=O)N[C@@H]([C@H]2O[C@H](SC)[C@H](O)[C@@H](O)[C@H]2O)[C@H](C)Sc2nnc(-c3ccc(F)cc3[N+](=O)[O-])s2)C1. The van der Waals surface area contributed by atoms with Gasteiger partial charge in [-0.15, -0.1) is 22.0 Å². The molecule has 0 aliphatic carbocycles. The number of nitro groups is 1. The van der Waals surface area contributed by atoms with E-state index in [-0.39, 0.29) is 16.5 Å². The number of aromatic nitrogens is 2. The van der Waals surface area contributed by atoms with Crippen molar-refractivity contribution >= 4 is 46.5 Å². The Morgan fingerprint density at radius 3 is 2.77 bits per heavy atom. The number of rotatable bonds is 12. The largest absolute Gasteiger partial charge is 0.388 e. The number of unbranched alkanes of at least 4 members (excludes halogenated alkanes) is 1. The highest BCUT2D eigenvalue weighted by atomic mass is 32.2. The first-order chi connectivity index (χ1) is 20.5. The normalized spacial score (nSPS) is 29.1. The molecule has 2 aliphatic rings. The summed E-state index contributed by atoms with van der Waals surface area (Å²) >= 11 is 3.46. The van der Waals surface area contributed by atoms with Crippen LogP contribution in [-0.4, -0.2) is 96.3 Å². The number of thioether (sulfide) groups is 2. The minimum absolute atomic E-state index is 0.125. The van der Waals surface area contributed by atoms with Gasteiger partial charge in [0.1, 0.15) is 35.7 Å². The number of nitro benzene ring substituents is 1. The molecule has 1 aromatic carbocycles. The number of carbonyl (C=O) groups is 1. The summed E-state index contributed by atoms with van der Waals surface area (Å²) in [7, 11) is 0. The van der Waals surface area contributed by atoms with Gasteiger partial charge in [-0.25, -0.2) is 4.39 Å². The number of hydrogen-bond acceptors (Lipinski definition) is 13. The second-order valence-electron chi connectivity index (χ2n) is 10.9. The zero-order valence-corrected chi connectivity index (χ0v) is 26.5. The van der Waals surface area contributed by atoms with Crippen molar-refractivity contribution in [2.75, 3.05) is 12.8 Å². The quantitative estimate of drug-likeness (QED) is 0.128. The summed E-state index contributed by atoms with van der Waals surface area (Å²) in [6.45, 7) is 4.66. The van der Waals surface area contributed by atoms with Crippen LogP contribution in [0.3, 0.4) is 0 Å². The summed E-state index contributed by atoms with van der Waals surface area (Å²) in [4.78, 5) is 24.4. The topological polar surface area (TPSA) is 180 Å². The maximum Gasteiger partial charge on any atom is 0.282 e. The van der Waals surface area contributed by atoms with Crippen LogP contribution in [0.25, 0.3) is 10.6 Å². The Hall–Kier alpha value is -1.92. The second kappa shape index (κ2) is 15.4. The third kappa shape index (κ3) is 8.22. The monoisotopic (exact) mass is 659 g/mol. The number of halogens is 1. The van der Waals surface area contributed by atoms with Crippen molar-refractivity contribution in [2.24, 2.45) is 5.92 Å². The van der Waals surface area contributed by atoms with Gasteiger partial charge in [0.15, 0.2) is 9.35 Å². The van der Waals surface area contributed by atoms with Crippen molar-refractivity contribution < 1.29 is 34.2 Å². The van der Waals surface area contributed by atoms with Gasteiger partial charge >= 0.3 is 0 Å². The minimum Gasteiger partial charge on any atom is -0.388 e. The molecule has 5 N–H and O–H groups in total. The Labute approximate surface area is 261 Å². The van der Waals surface area contributed by atoms with E-state index < -0.39 is 63.6 Å². The number of amides is 1. The number of nitrogens with one attached hydrogen (secondary N) is 2. The lowest BCUT2D eigenvalue weighted by atomic mass is 9.87. The molecule has 16 heteroatoms. The summed E-state index contributed by atoms with van der Waals surface area (Å²) in [6.07, 6.45) is 1.24. The first-order valence-electron chi connectivity index (χ1n) is 14.2. The average Bonchev–Trinajstić information content (AvgIpc) is 3.46. The van der Waals surface area contributed by atoms with E-state index in [0.717, 1.165) is 49.2 Å². The smallest absolute Gasteiger partial charge is 0.282 e. The van der Waals surface area contributed by atoms with E-state index in [4.69, 9.17) is 4.74 Å². The molecule has 43 heavy (non-hydrogen) atoms. The van der Waals surface area contributed by atoms with Gasteiger partial charge in [0, 0.05) is 5.25 Å². The van der Waals surface area contributed by atoms with Crippen molar-refractivity contribution in [3.63, 3.8) is 0 Å². The van der Waals surface area contributed by atoms with Crippen LogP contribution >= 0.6 is 34.9 Å². The van der Waals surface area contributed by atoms with Crippen LogP contribution in [0.15, 0.2) is 22.5 Å². The molecule has 1 aromatic heterocycles. The molecule has 0 spiro atoms. The van der Waals surface area contributed by atoms with Gasteiger partial charge in [0.25, 0.3) is 5.69 Å². The molecule has 12 nitrogen and oxygen atoms in total. The number of benzene rings is 1. The number of carbonyl (C=O) groups excluding carboxylic acids is 1. The Kier molecular flexibility index (Phi) is 12.2. The van der Waals surface area contributed by atoms with Crippen molar-refractivity contribution in [3.05, 3.63) is 34.1 Å². The lowest BCUT2D eigenvalue weighted by Crippen LogP contribution is -2.65. The van der Waals surface area contributed by atoms with Crippen molar-refractivity contribution in [3.8, 4) is 10.6 Å². The van der Waals surface area contributed by atoms with E-state index in [1.165, 1.54) is 29.6 Å². The van der Waals surface area contributed by atoms with E-state index in [2.05, 4.69) is 27.8 Å². The molecule has 1 amide bonds. The van der Waals surface area contributed by atoms with Crippen LogP contribution in [0.2, 0.25) is 0 Å². The molecular formula is C27H38FN5O7S3. The molecule has 0 radical (unpaired) electrons. The van der Waals surface area contributed by atoms with E-state index >= 15 is 0 Å². The van der Waals surface area contributed by atoms with Crippen LogP contribution in [0.5, 0.6) is 0 Å². The van der Waals surface area contributed by atoms with Gasteiger partial charge in [0.05, 0.1) is 28.6 Å². The van der Waals surface area contributed by atoms with Crippen LogP contribution in [0.1, 0.15) is 46.0 Å². The fraction of sp³-hybridized carbons (Fsp3) is 0.667. The molecule has 3 heterocycles. The maximum atomic E-state index is 13.7. The first-order valence-corrected chi connectivity index (χ1v) is 17.2. The van der Waals surface area contributed by atoms with E-state index in [0.29, 0.717) is 23.2 Å². The number of piperidine rings is 1. The summed E-state index contributed by atoms with van der Waals surface area (Å²) in [5.74, 6) is -0.574. The number of aliphatic hydroxyl groups excluding tert-OH is 3. The number of ether oxygens (including phenoxy) is 1. The first kappa shape index (κ1) is 34.0.